The average molecular weight is 177 g/mol. The van der Waals surface area contributed by atoms with E-state index in [-0.39, 0.29) is 0 Å². The van der Waals surface area contributed by atoms with Crippen LogP contribution < -0.4 is 0 Å². The van der Waals surface area contributed by atoms with Crippen LogP contribution in [0.25, 0.3) is 0 Å². The molecule has 0 aromatic heterocycles. The molecule has 0 N–H and O–H groups in total. The number of thioether (sulfide) groups is 1. The molecule has 0 saturated heterocycles. The van der Waals surface area contributed by atoms with Crippen molar-refractivity contribution in [3.8, 4) is 0 Å². The maximum Gasteiger partial charge on any atom is 0.241 e. The first-order chi connectivity index (χ1) is 3.06. The lowest BCUT2D eigenvalue weighted by Gasteiger charge is -2.02. The molecule has 0 heterocycles. The zero-order chi connectivity index (χ0) is 5.91. The molecule has 0 amide bonds. The van der Waals surface area contributed by atoms with Gasteiger partial charge in [-0.15, -0.1) is 0 Å². The third-order valence-electron chi connectivity index (χ3n) is 0.217. The van der Waals surface area contributed by atoms with Crippen LogP contribution >= 0.6 is 46.6 Å². The standard InChI is InChI=1S/C3H3Cl3S/c1-2-7-3(4,5)6/h2H,1H2. The van der Waals surface area contributed by atoms with Crippen LogP contribution in [0.3, 0.4) is 0 Å². The van der Waals surface area contributed by atoms with Crippen LogP contribution in [0, 0.1) is 0 Å². The summed E-state index contributed by atoms with van der Waals surface area (Å²) in [5.74, 6) is 0. The van der Waals surface area contributed by atoms with Gasteiger partial charge in [-0.25, -0.2) is 0 Å². The summed E-state index contributed by atoms with van der Waals surface area (Å²) in [7, 11) is 0. The fourth-order valence-electron chi connectivity index (χ4n) is 0.0945. The number of alkyl halides is 3. The van der Waals surface area contributed by atoms with Crippen LogP contribution in [0.1, 0.15) is 0 Å². The second-order valence-electron chi connectivity index (χ2n) is 0.730. The van der Waals surface area contributed by atoms with E-state index in [4.69, 9.17) is 34.8 Å². The molecule has 42 valence electrons. The van der Waals surface area contributed by atoms with Gasteiger partial charge >= 0.3 is 0 Å². The first kappa shape index (κ1) is 7.96. The number of hydrogen-bond acceptors (Lipinski definition) is 1. The third-order valence-corrected chi connectivity index (χ3v) is 1.45. The molecule has 0 aliphatic rings. The van der Waals surface area contributed by atoms with Crippen LogP contribution in [-0.4, -0.2) is 3.12 Å². The molecular formula is C3H3Cl3S. The topological polar surface area (TPSA) is 0 Å². The molecule has 7 heavy (non-hydrogen) atoms. The van der Waals surface area contributed by atoms with Crippen LogP contribution in [0.15, 0.2) is 12.0 Å². The maximum atomic E-state index is 5.26. The van der Waals surface area contributed by atoms with Gasteiger partial charge in [0.2, 0.25) is 3.12 Å². The van der Waals surface area contributed by atoms with Gasteiger partial charge in [0, 0.05) is 0 Å². The van der Waals surface area contributed by atoms with Gasteiger partial charge < -0.3 is 0 Å². The van der Waals surface area contributed by atoms with Crippen molar-refractivity contribution in [3.63, 3.8) is 0 Å². The second kappa shape index (κ2) is 3.08. The molecule has 0 nitrogen and oxygen atoms in total. The Hall–Kier alpha value is 0.960. The molecule has 0 aliphatic carbocycles. The Morgan fingerprint density at radius 3 is 1.86 bits per heavy atom. The fourth-order valence-corrected chi connectivity index (χ4v) is 0.850. The van der Waals surface area contributed by atoms with Crippen LogP contribution in [0.4, 0.5) is 0 Å². The highest BCUT2D eigenvalue weighted by atomic mass is 35.6. The van der Waals surface area contributed by atoms with E-state index in [0.717, 1.165) is 11.8 Å². The van der Waals surface area contributed by atoms with Gasteiger partial charge in [-0.3, -0.25) is 0 Å². The zero-order valence-corrected chi connectivity index (χ0v) is 6.41. The van der Waals surface area contributed by atoms with Gasteiger partial charge in [0.25, 0.3) is 0 Å². The van der Waals surface area contributed by atoms with Crippen molar-refractivity contribution in [2.75, 3.05) is 0 Å². The first-order valence-corrected chi connectivity index (χ1v) is 3.43. The van der Waals surface area contributed by atoms with Crippen molar-refractivity contribution >= 4 is 46.6 Å². The zero-order valence-electron chi connectivity index (χ0n) is 3.33. The summed E-state index contributed by atoms with van der Waals surface area (Å²) in [6.45, 7) is 3.36. The minimum Gasteiger partial charge on any atom is -0.0926 e. The molecule has 0 spiro atoms. The van der Waals surface area contributed by atoms with E-state index in [2.05, 4.69) is 6.58 Å². The van der Waals surface area contributed by atoms with Gasteiger partial charge in [-0.05, 0) is 5.41 Å². The van der Waals surface area contributed by atoms with Gasteiger partial charge in [-0.1, -0.05) is 53.1 Å². The molecule has 0 aromatic carbocycles. The Balaban J connectivity index is 3.34. The highest BCUT2D eigenvalue weighted by molar-refractivity contribution is 8.07. The summed E-state index contributed by atoms with van der Waals surface area (Å²) in [6.07, 6.45) is 0. The summed E-state index contributed by atoms with van der Waals surface area (Å²) < 4.78 is -1.23. The van der Waals surface area contributed by atoms with Crippen LogP contribution in [0.2, 0.25) is 0 Å². The van der Waals surface area contributed by atoms with E-state index in [1.54, 1.807) is 0 Å². The predicted molar refractivity (Wildman–Crippen MR) is 38.1 cm³/mol. The van der Waals surface area contributed by atoms with E-state index in [1.807, 2.05) is 0 Å². The van der Waals surface area contributed by atoms with E-state index >= 15 is 0 Å². The maximum absolute atomic E-state index is 5.26. The van der Waals surface area contributed by atoms with Crippen molar-refractivity contribution in [2.45, 2.75) is 3.12 Å². The largest absolute Gasteiger partial charge is 0.241 e. The van der Waals surface area contributed by atoms with Gasteiger partial charge in [-0.2, -0.15) is 0 Å². The molecule has 4 heteroatoms. The summed E-state index contributed by atoms with van der Waals surface area (Å²) >= 11 is 16.8. The smallest absolute Gasteiger partial charge is 0.0926 e. The molecule has 0 fully saturated rings. The van der Waals surface area contributed by atoms with Gasteiger partial charge in [0.05, 0.1) is 0 Å². The molecular weight excluding hydrogens is 174 g/mol. The molecule has 0 unspecified atom stereocenters. The van der Waals surface area contributed by atoms with Gasteiger partial charge in [0.1, 0.15) is 0 Å². The van der Waals surface area contributed by atoms with E-state index in [0.29, 0.717) is 0 Å². The molecule has 0 radical (unpaired) electrons. The molecule has 0 aromatic rings. The Kier molecular flexibility index (Phi) is 3.50. The van der Waals surface area contributed by atoms with Crippen LogP contribution in [0.5, 0.6) is 0 Å². The minimum absolute atomic E-state index is 1.05. The highest BCUT2D eigenvalue weighted by Gasteiger charge is 2.16. The Morgan fingerprint density at radius 2 is 1.86 bits per heavy atom. The average Bonchev–Trinajstić information content (AvgIpc) is 1.30. The van der Waals surface area contributed by atoms with Crippen LogP contribution in [-0.2, 0) is 0 Å². The number of hydrogen-bond donors (Lipinski definition) is 0. The summed E-state index contributed by atoms with van der Waals surface area (Å²) in [5.41, 5.74) is 0. The van der Waals surface area contributed by atoms with Crippen molar-refractivity contribution in [1.82, 2.24) is 0 Å². The van der Waals surface area contributed by atoms with Crippen molar-refractivity contribution in [1.29, 1.82) is 0 Å². The third kappa shape index (κ3) is 6.96. The molecule has 0 bridgehead atoms. The second-order valence-corrected chi connectivity index (χ2v) is 4.87. The van der Waals surface area contributed by atoms with Crippen molar-refractivity contribution in [3.05, 3.63) is 12.0 Å². The molecule has 0 rings (SSSR count). The normalized spacial score (nSPS) is 11.3. The van der Waals surface area contributed by atoms with Crippen molar-refractivity contribution < 1.29 is 0 Å². The summed E-state index contributed by atoms with van der Waals surface area (Å²) in [6, 6.07) is 0. The van der Waals surface area contributed by atoms with Crippen molar-refractivity contribution in [2.24, 2.45) is 0 Å². The fraction of sp³-hybridized carbons (Fsp3) is 0.333. The van der Waals surface area contributed by atoms with E-state index in [9.17, 15) is 0 Å². The first-order valence-electron chi connectivity index (χ1n) is 1.42. The summed E-state index contributed by atoms with van der Waals surface area (Å²) in [5, 5.41) is 1.48. The highest BCUT2D eigenvalue weighted by Crippen LogP contribution is 2.38. The van der Waals surface area contributed by atoms with Gasteiger partial charge in [0.15, 0.2) is 0 Å². The lowest BCUT2D eigenvalue weighted by atomic mass is 11.3. The Labute approximate surface area is 61.8 Å². The van der Waals surface area contributed by atoms with E-state index < -0.39 is 3.12 Å². The summed E-state index contributed by atoms with van der Waals surface area (Å²) in [4.78, 5) is 0. The van der Waals surface area contributed by atoms with E-state index in [1.165, 1.54) is 5.41 Å². The Bertz CT molecular complexity index is 65.1. The predicted octanol–water partition coefficient (Wildman–Crippen LogP) is 3.19. The lowest BCUT2D eigenvalue weighted by Crippen LogP contribution is -1.88. The molecule has 0 aliphatic heterocycles. The molecule has 0 atom stereocenters. The number of rotatable bonds is 1. The minimum atomic E-state index is -1.23. The Morgan fingerprint density at radius 1 is 1.43 bits per heavy atom. The lowest BCUT2D eigenvalue weighted by molar-refractivity contribution is 1.80. The quantitative estimate of drug-likeness (QED) is 0.554. The number of halogens is 3. The SMILES string of the molecule is C=CSC(Cl)(Cl)Cl. The monoisotopic (exact) mass is 176 g/mol. The molecule has 0 saturated carbocycles.